The summed E-state index contributed by atoms with van der Waals surface area (Å²) in [6.45, 7) is 0. The van der Waals surface area contributed by atoms with Gasteiger partial charge in [-0.3, -0.25) is 0 Å². The van der Waals surface area contributed by atoms with Crippen LogP contribution in [0.1, 0.15) is 16.7 Å². The minimum Gasteiger partial charge on any atom is -0.497 e. The van der Waals surface area contributed by atoms with Gasteiger partial charge in [-0.2, -0.15) is 18.4 Å². The highest BCUT2D eigenvalue weighted by Gasteiger charge is 2.31. The van der Waals surface area contributed by atoms with Crippen molar-refractivity contribution in [1.29, 1.82) is 5.26 Å². The summed E-state index contributed by atoms with van der Waals surface area (Å²) < 4.78 is 42.9. The first-order valence-electron chi connectivity index (χ1n) is 6.31. The van der Waals surface area contributed by atoms with E-state index in [4.69, 9.17) is 10.00 Å². The first-order chi connectivity index (χ1) is 10.4. The Morgan fingerprint density at radius 3 is 2.36 bits per heavy atom. The predicted molar refractivity (Wildman–Crippen MR) is 78.7 cm³/mol. The number of benzene rings is 2. The molecule has 0 spiro atoms. The maximum atomic E-state index is 12.6. The molecule has 6 heteroatoms. The van der Waals surface area contributed by atoms with Crippen LogP contribution in [0, 0.1) is 11.3 Å². The van der Waals surface area contributed by atoms with Crippen LogP contribution in [0.2, 0.25) is 0 Å². The molecule has 0 aliphatic rings. The standard InChI is InChI=1S/C16H12F3NOS/c1-21-14-5-2-11(3-6-14)10-22-15-7-4-13(16(17,18)19)8-12(15)9-20/h2-8H,10H2,1H3. The van der Waals surface area contributed by atoms with Crippen LogP contribution in [0.25, 0.3) is 0 Å². The molecule has 2 rings (SSSR count). The molecule has 2 aromatic rings. The van der Waals surface area contributed by atoms with Crippen molar-refractivity contribution in [3.63, 3.8) is 0 Å². The Morgan fingerprint density at radius 2 is 1.82 bits per heavy atom. The van der Waals surface area contributed by atoms with E-state index in [1.807, 2.05) is 30.3 Å². The van der Waals surface area contributed by atoms with Gasteiger partial charge in [0.25, 0.3) is 0 Å². The monoisotopic (exact) mass is 323 g/mol. The maximum absolute atomic E-state index is 12.6. The van der Waals surface area contributed by atoms with Crippen molar-refractivity contribution in [1.82, 2.24) is 0 Å². The molecule has 0 atom stereocenters. The fourth-order valence-corrected chi connectivity index (χ4v) is 2.74. The molecule has 0 radical (unpaired) electrons. The van der Waals surface area contributed by atoms with Crippen LogP contribution in [0.4, 0.5) is 13.2 Å². The summed E-state index contributed by atoms with van der Waals surface area (Å²) in [5.74, 6) is 1.30. The lowest BCUT2D eigenvalue weighted by Gasteiger charge is -2.10. The van der Waals surface area contributed by atoms with Crippen LogP contribution >= 0.6 is 11.8 Å². The molecular formula is C16H12F3NOS. The molecule has 0 aromatic heterocycles. The third-order valence-electron chi connectivity index (χ3n) is 2.98. The molecule has 0 saturated carbocycles. The zero-order valence-electron chi connectivity index (χ0n) is 11.6. The Bertz CT molecular complexity index is 690. The van der Waals surface area contributed by atoms with Gasteiger partial charge in [0, 0.05) is 10.6 Å². The normalized spacial score (nSPS) is 11.0. The second-order valence-corrected chi connectivity index (χ2v) is 5.47. The fourth-order valence-electron chi connectivity index (χ4n) is 1.80. The van der Waals surface area contributed by atoms with Crippen LogP contribution in [-0.4, -0.2) is 7.11 Å². The van der Waals surface area contributed by atoms with Crippen molar-refractivity contribution in [2.24, 2.45) is 0 Å². The van der Waals surface area contributed by atoms with Crippen LogP contribution < -0.4 is 4.74 Å². The Hall–Kier alpha value is -2.13. The average molecular weight is 323 g/mol. The third-order valence-corrected chi connectivity index (χ3v) is 4.13. The summed E-state index contributed by atoms with van der Waals surface area (Å²) in [6, 6.07) is 12.4. The molecule has 0 amide bonds. The Balaban J connectivity index is 2.14. The van der Waals surface area contributed by atoms with Crippen molar-refractivity contribution in [3.8, 4) is 11.8 Å². The van der Waals surface area contributed by atoms with E-state index < -0.39 is 11.7 Å². The number of nitrogens with zero attached hydrogens (tertiary/aromatic N) is 1. The molecule has 0 bridgehead atoms. The van der Waals surface area contributed by atoms with E-state index in [1.54, 1.807) is 7.11 Å². The van der Waals surface area contributed by atoms with Gasteiger partial charge in [0.1, 0.15) is 11.8 Å². The number of halogens is 3. The van der Waals surface area contributed by atoms with Gasteiger partial charge in [-0.15, -0.1) is 11.8 Å². The summed E-state index contributed by atoms with van der Waals surface area (Å²) >= 11 is 1.33. The largest absolute Gasteiger partial charge is 0.497 e. The lowest BCUT2D eigenvalue weighted by molar-refractivity contribution is -0.137. The lowest BCUT2D eigenvalue weighted by atomic mass is 10.1. The second kappa shape index (κ2) is 6.75. The molecule has 0 unspecified atom stereocenters. The van der Waals surface area contributed by atoms with E-state index in [2.05, 4.69) is 0 Å². The van der Waals surface area contributed by atoms with E-state index in [9.17, 15) is 13.2 Å². The number of ether oxygens (including phenoxy) is 1. The summed E-state index contributed by atoms with van der Waals surface area (Å²) in [4.78, 5) is 0.534. The lowest BCUT2D eigenvalue weighted by Crippen LogP contribution is -2.05. The molecule has 0 aliphatic heterocycles. The van der Waals surface area contributed by atoms with Crippen LogP contribution in [-0.2, 0) is 11.9 Å². The molecule has 0 saturated heterocycles. The zero-order valence-corrected chi connectivity index (χ0v) is 12.5. The second-order valence-electron chi connectivity index (χ2n) is 4.46. The van der Waals surface area contributed by atoms with Crippen molar-refractivity contribution in [3.05, 3.63) is 59.2 Å². The van der Waals surface area contributed by atoms with Crippen LogP contribution in [0.3, 0.4) is 0 Å². The van der Waals surface area contributed by atoms with E-state index in [0.29, 0.717) is 10.6 Å². The predicted octanol–water partition coefficient (Wildman–Crippen LogP) is 4.88. The molecule has 22 heavy (non-hydrogen) atoms. The SMILES string of the molecule is COc1ccc(CSc2ccc(C(F)(F)F)cc2C#N)cc1. The van der Waals surface area contributed by atoms with E-state index >= 15 is 0 Å². The third kappa shape index (κ3) is 3.95. The van der Waals surface area contributed by atoms with Gasteiger partial charge in [0.15, 0.2) is 0 Å². The first-order valence-corrected chi connectivity index (χ1v) is 7.29. The zero-order chi connectivity index (χ0) is 16.2. The van der Waals surface area contributed by atoms with Gasteiger partial charge in [0.05, 0.1) is 18.2 Å². The van der Waals surface area contributed by atoms with Gasteiger partial charge < -0.3 is 4.74 Å². The van der Waals surface area contributed by atoms with E-state index in [0.717, 1.165) is 23.4 Å². The molecule has 0 fully saturated rings. The Labute approximate surface area is 130 Å². The van der Waals surface area contributed by atoms with Gasteiger partial charge in [-0.1, -0.05) is 12.1 Å². The highest BCUT2D eigenvalue weighted by atomic mass is 32.2. The maximum Gasteiger partial charge on any atom is 0.416 e. The van der Waals surface area contributed by atoms with Crippen LogP contribution in [0.5, 0.6) is 5.75 Å². The topological polar surface area (TPSA) is 33.0 Å². The van der Waals surface area contributed by atoms with Crippen molar-refractivity contribution >= 4 is 11.8 Å². The number of hydrogen-bond donors (Lipinski definition) is 0. The van der Waals surface area contributed by atoms with E-state index in [1.165, 1.54) is 17.8 Å². The number of alkyl halides is 3. The van der Waals surface area contributed by atoms with Crippen molar-refractivity contribution < 1.29 is 17.9 Å². The van der Waals surface area contributed by atoms with Gasteiger partial charge in [-0.25, -0.2) is 0 Å². The molecular weight excluding hydrogens is 311 g/mol. The quantitative estimate of drug-likeness (QED) is 0.752. The number of hydrogen-bond acceptors (Lipinski definition) is 3. The molecule has 2 aromatic carbocycles. The minimum atomic E-state index is -4.44. The highest BCUT2D eigenvalue weighted by molar-refractivity contribution is 7.98. The van der Waals surface area contributed by atoms with Crippen LogP contribution in [0.15, 0.2) is 47.4 Å². The smallest absolute Gasteiger partial charge is 0.416 e. The number of thioether (sulfide) groups is 1. The Morgan fingerprint density at radius 1 is 1.14 bits per heavy atom. The van der Waals surface area contributed by atoms with Crippen molar-refractivity contribution in [2.45, 2.75) is 16.8 Å². The first kappa shape index (κ1) is 16.2. The fraction of sp³-hybridized carbons (Fsp3) is 0.188. The molecule has 0 aliphatic carbocycles. The Kier molecular flexibility index (Phi) is 4.99. The molecule has 2 nitrogen and oxygen atoms in total. The number of rotatable bonds is 4. The number of nitriles is 1. The number of methoxy groups -OCH3 is 1. The molecule has 0 heterocycles. The minimum absolute atomic E-state index is 0.0355. The summed E-state index contributed by atoms with van der Waals surface area (Å²) in [5.41, 5.74) is 0.223. The van der Waals surface area contributed by atoms with E-state index in [-0.39, 0.29) is 5.56 Å². The molecule has 114 valence electrons. The molecule has 0 N–H and O–H groups in total. The summed E-state index contributed by atoms with van der Waals surface area (Å²) in [5, 5.41) is 9.03. The van der Waals surface area contributed by atoms with Gasteiger partial charge >= 0.3 is 6.18 Å². The summed E-state index contributed by atoms with van der Waals surface area (Å²) in [7, 11) is 1.57. The highest BCUT2D eigenvalue weighted by Crippen LogP contribution is 2.34. The van der Waals surface area contributed by atoms with Gasteiger partial charge in [0.2, 0.25) is 0 Å². The summed E-state index contributed by atoms with van der Waals surface area (Å²) in [6.07, 6.45) is -4.44. The van der Waals surface area contributed by atoms with Crippen molar-refractivity contribution in [2.75, 3.05) is 7.11 Å². The average Bonchev–Trinajstić information content (AvgIpc) is 2.52. The van der Waals surface area contributed by atoms with Gasteiger partial charge in [-0.05, 0) is 35.9 Å².